The SMILES string of the molecule is CCOc1cc(O)c(OCC)c(O)c1. The molecule has 0 atom stereocenters. The Hall–Kier alpha value is -1.58. The van der Waals surface area contributed by atoms with E-state index in [-0.39, 0.29) is 17.2 Å². The minimum atomic E-state index is -0.115. The Morgan fingerprint density at radius 3 is 1.93 bits per heavy atom. The summed E-state index contributed by atoms with van der Waals surface area (Å²) < 4.78 is 10.2. The van der Waals surface area contributed by atoms with E-state index in [2.05, 4.69) is 0 Å². The molecular weight excluding hydrogens is 184 g/mol. The fraction of sp³-hybridized carbons (Fsp3) is 0.400. The van der Waals surface area contributed by atoms with E-state index in [4.69, 9.17) is 9.47 Å². The van der Waals surface area contributed by atoms with Crippen LogP contribution in [-0.2, 0) is 0 Å². The maximum Gasteiger partial charge on any atom is 0.203 e. The lowest BCUT2D eigenvalue weighted by Crippen LogP contribution is -1.95. The minimum Gasteiger partial charge on any atom is -0.504 e. The molecule has 1 aromatic carbocycles. The van der Waals surface area contributed by atoms with E-state index < -0.39 is 0 Å². The van der Waals surface area contributed by atoms with Crippen molar-refractivity contribution in [3.63, 3.8) is 0 Å². The second kappa shape index (κ2) is 4.60. The maximum absolute atomic E-state index is 9.46. The number of phenolic OH excluding ortho intramolecular Hbond substituents is 2. The molecule has 0 unspecified atom stereocenters. The van der Waals surface area contributed by atoms with Gasteiger partial charge in [-0.3, -0.25) is 0 Å². The zero-order valence-corrected chi connectivity index (χ0v) is 8.28. The second-order valence-electron chi connectivity index (χ2n) is 2.66. The van der Waals surface area contributed by atoms with Crippen molar-refractivity contribution in [2.75, 3.05) is 13.2 Å². The number of aromatic hydroxyl groups is 2. The van der Waals surface area contributed by atoms with Crippen LogP contribution in [0.25, 0.3) is 0 Å². The highest BCUT2D eigenvalue weighted by molar-refractivity contribution is 5.54. The summed E-state index contributed by atoms with van der Waals surface area (Å²) in [6.45, 7) is 4.46. The van der Waals surface area contributed by atoms with Gasteiger partial charge in [-0.15, -0.1) is 0 Å². The van der Waals surface area contributed by atoms with Crippen LogP contribution in [0.2, 0.25) is 0 Å². The number of benzene rings is 1. The molecule has 0 fully saturated rings. The number of ether oxygens (including phenoxy) is 2. The quantitative estimate of drug-likeness (QED) is 0.775. The summed E-state index contributed by atoms with van der Waals surface area (Å²) in [6.07, 6.45) is 0. The molecule has 0 aliphatic rings. The van der Waals surface area contributed by atoms with Crippen molar-refractivity contribution in [3.05, 3.63) is 12.1 Å². The topological polar surface area (TPSA) is 58.9 Å². The van der Waals surface area contributed by atoms with Crippen LogP contribution < -0.4 is 9.47 Å². The summed E-state index contributed by atoms with van der Waals surface area (Å²) in [5.41, 5.74) is 0. The first-order valence-electron chi connectivity index (χ1n) is 4.50. The molecule has 0 aromatic heterocycles. The molecule has 4 nitrogen and oxygen atoms in total. The van der Waals surface area contributed by atoms with Gasteiger partial charge in [0.2, 0.25) is 5.75 Å². The molecule has 0 amide bonds. The fourth-order valence-electron chi connectivity index (χ4n) is 1.12. The smallest absolute Gasteiger partial charge is 0.203 e. The van der Waals surface area contributed by atoms with Gasteiger partial charge in [-0.05, 0) is 13.8 Å². The Kier molecular flexibility index (Phi) is 3.45. The molecule has 78 valence electrons. The Balaban J connectivity index is 2.98. The van der Waals surface area contributed by atoms with Crippen LogP contribution in [0.4, 0.5) is 0 Å². The van der Waals surface area contributed by atoms with Gasteiger partial charge in [-0.2, -0.15) is 0 Å². The summed E-state index contributed by atoms with van der Waals surface area (Å²) in [5.74, 6) is 0.285. The lowest BCUT2D eigenvalue weighted by Gasteiger charge is -2.10. The number of phenols is 2. The van der Waals surface area contributed by atoms with Crippen LogP contribution in [0.5, 0.6) is 23.0 Å². The van der Waals surface area contributed by atoms with E-state index >= 15 is 0 Å². The first kappa shape index (κ1) is 10.5. The zero-order valence-electron chi connectivity index (χ0n) is 8.28. The van der Waals surface area contributed by atoms with Crippen molar-refractivity contribution in [1.29, 1.82) is 0 Å². The average Bonchev–Trinajstić information content (AvgIpc) is 2.12. The summed E-state index contributed by atoms with van der Waals surface area (Å²) in [6, 6.07) is 2.82. The van der Waals surface area contributed by atoms with E-state index in [1.165, 1.54) is 12.1 Å². The van der Waals surface area contributed by atoms with Gasteiger partial charge in [0.05, 0.1) is 13.2 Å². The normalized spacial score (nSPS) is 9.86. The van der Waals surface area contributed by atoms with Crippen LogP contribution in [0.3, 0.4) is 0 Å². The maximum atomic E-state index is 9.46. The highest BCUT2D eigenvalue weighted by Gasteiger charge is 2.10. The summed E-state index contributed by atoms with van der Waals surface area (Å²) in [7, 11) is 0. The van der Waals surface area contributed by atoms with Crippen LogP contribution in [0.1, 0.15) is 13.8 Å². The highest BCUT2D eigenvalue weighted by atomic mass is 16.5. The lowest BCUT2D eigenvalue weighted by atomic mass is 10.2. The predicted octanol–water partition coefficient (Wildman–Crippen LogP) is 1.90. The van der Waals surface area contributed by atoms with Gasteiger partial charge >= 0.3 is 0 Å². The minimum absolute atomic E-state index is 0.0935. The molecule has 4 heteroatoms. The van der Waals surface area contributed by atoms with Gasteiger partial charge in [-0.1, -0.05) is 0 Å². The van der Waals surface area contributed by atoms with Gasteiger partial charge in [0.25, 0.3) is 0 Å². The molecule has 1 rings (SSSR count). The second-order valence-corrected chi connectivity index (χ2v) is 2.66. The highest BCUT2D eigenvalue weighted by Crippen LogP contribution is 2.39. The monoisotopic (exact) mass is 198 g/mol. The number of hydrogen-bond donors (Lipinski definition) is 2. The average molecular weight is 198 g/mol. The molecule has 0 bridgehead atoms. The molecule has 2 N–H and O–H groups in total. The van der Waals surface area contributed by atoms with E-state index in [0.29, 0.717) is 19.0 Å². The number of rotatable bonds is 4. The van der Waals surface area contributed by atoms with Crippen molar-refractivity contribution < 1.29 is 19.7 Å². The molecular formula is C10H14O4. The molecule has 0 saturated heterocycles. The standard InChI is InChI=1S/C10H14O4/c1-3-13-7-5-8(11)10(14-4-2)9(12)6-7/h5-6,11-12H,3-4H2,1-2H3. The van der Waals surface area contributed by atoms with Crippen molar-refractivity contribution in [2.24, 2.45) is 0 Å². The van der Waals surface area contributed by atoms with Crippen molar-refractivity contribution >= 4 is 0 Å². The Labute approximate surface area is 82.7 Å². The molecule has 14 heavy (non-hydrogen) atoms. The van der Waals surface area contributed by atoms with Crippen molar-refractivity contribution in [1.82, 2.24) is 0 Å². The van der Waals surface area contributed by atoms with E-state index in [1.54, 1.807) is 6.92 Å². The summed E-state index contributed by atoms with van der Waals surface area (Å²) in [4.78, 5) is 0. The largest absolute Gasteiger partial charge is 0.504 e. The van der Waals surface area contributed by atoms with Crippen molar-refractivity contribution in [2.45, 2.75) is 13.8 Å². The van der Waals surface area contributed by atoms with E-state index in [1.807, 2.05) is 6.92 Å². The molecule has 1 aromatic rings. The Bertz CT molecular complexity index is 286. The van der Waals surface area contributed by atoms with Crippen molar-refractivity contribution in [3.8, 4) is 23.0 Å². The van der Waals surface area contributed by atoms with Crippen LogP contribution in [0.15, 0.2) is 12.1 Å². The van der Waals surface area contributed by atoms with E-state index in [0.717, 1.165) is 0 Å². The molecule has 0 radical (unpaired) electrons. The first-order chi connectivity index (χ1) is 6.69. The molecule has 0 saturated carbocycles. The third-order valence-corrected chi connectivity index (χ3v) is 1.62. The van der Waals surface area contributed by atoms with Crippen LogP contribution in [-0.4, -0.2) is 23.4 Å². The van der Waals surface area contributed by atoms with Gasteiger partial charge in [0.15, 0.2) is 11.5 Å². The predicted molar refractivity (Wildman–Crippen MR) is 52.1 cm³/mol. The van der Waals surface area contributed by atoms with E-state index in [9.17, 15) is 10.2 Å². The third-order valence-electron chi connectivity index (χ3n) is 1.62. The molecule has 0 heterocycles. The Morgan fingerprint density at radius 2 is 1.50 bits per heavy atom. The summed E-state index contributed by atoms with van der Waals surface area (Å²) in [5, 5.41) is 18.9. The van der Waals surface area contributed by atoms with Gasteiger partial charge in [0, 0.05) is 12.1 Å². The number of hydrogen-bond acceptors (Lipinski definition) is 4. The molecule has 0 aliphatic heterocycles. The van der Waals surface area contributed by atoms with Crippen LogP contribution in [0, 0.1) is 0 Å². The third kappa shape index (κ3) is 2.22. The fourth-order valence-corrected chi connectivity index (χ4v) is 1.12. The van der Waals surface area contributed by atoms with Crippen LogP contribution >= 0.6 is 0 Å². The first-order valence-corrected chi connectivity index (χ1v) is 4.50. The van der Waals surface area contributed by atoms with Gasteiger partial charge in [-0.25, -0.2) is 0 Å². The van der Waals surface area contributed by atoms with Gasteiger partial charge in [0.1, 0.15) is 5.75 Å². The molecule has 0 aliphatic carbocycles. The zero-order chi connectivity index (χ0) is 10.6. The summed E-state index contributed by atoms with van der Waals surface area (Å²) >= 11 is 0. The van der Waals surface area contributed by atoms with Gasteiger partial charge < -0.3 is 19.7 Å². The Morgan fingerprint density at radius 1 is 1.00 bits per heavy atom. The lowest BCUT2D eigenvalue weighted by molar-refractivity contribution is 0.291. The molecule has 0 spiro atoms.